The van der Waals surface area contributed by atoms with Crippen LogP contribution in [0.4, 0.5) is 10.5 Å². The lowest BCUT2D eigenvalue weighted by Crippen LogP contribution is -2.43. The van der Waals surface area contributed by atoms with Gasteiger partial charge in [-0.05, 0) is 61.1 Å². The highest BCUT2D eigenvalue weighted by Gasteiger charge is 2.55. The first-order valence-electron chi connectivity index (χ1n) is 9.00. The fraction of sp³-hybridized carbons (Fsp3) is 0.286. The van der Waals surface area contributed by atoms with Gasteiger partial charge in [0.2, 0.25) is 5.91 Å². The molecule has 1 saturated heterocycles. The van der Waals surface area contributed by atoms with Gasteiger partial charge in [0, 0.05) is 5.69 Å². The van der Waals surface area contributed by atoms with Gasteiger partial charge in [0.05, 0.1) is 0 Å². The van der Waals surface area contributed by atoms with Crippen molar-refractivity contribution in [3.8, 4) is 0 Å². The predicted molar refractivity (Wildman–Crippen MR) is 101 cm³/mol. The zero-order valence-electron chi connectivity index (χ0n) is 15.3. The van der Waals surface area contributed by atoms with E-state index in [-0.39, 0.29) is 12.5 Å². The largest absolute Gasteiger partial charge is 0.325 e. The Morgan fingerprint density at radius 1 is 1.15 bits per heavy atom. The van der Waals surface area contributed by atoms with Crippen LogP contribution in [0.25, 0.3) is 0 Å². The summed E-state index contributed by atoms with van der Waals surface area (Å²) in [6.07, 6.45) is 1.25. The molecule has 1 fully saturated rings. The Balaban J connectivity index is 1.53. The van der Waals surface area contributed by atoms with Crippen molar-refractivity contribution in [3.63, 3.8) is 0 Å². The first-order chi connectivity index (χ1) is 12.9. The standard InChI is InChI=1S/C21H21N3O3/c1-13-9-14(2)11-16(10-13)22-18(25)12-24-19(26)21(23-20(24)27)8-7-15-5-3-4-6-17(15)21/h3-6,9-11H,7-8,12H2,1-2H3,(H,22,25)(H,23,27)/t21-/m0/s1. The minimum absolute atomic E-state index is 0.304. The van der Waals surface area contributed by atoms with Crippen molar-refractivity contribution in [2.24, 2.45) is 0 Å². The number of imide groups is 1. The van der Waals surface area contributed by atoms with Crippen molar-refractivity contribution in [2.75, 3.05) is 11.9 Å². The summed E-state index contributed by atoms with van der Waals surface area (Å²) >= 11 is 0. The van der Waals surface area contributed by atoms with Crippen LogP contribution >= 0.6 is 0 Å². The third-order valence-electron chi connectivity index (χ3n) is 5.23. The summed E-state index contributed by atoms with van der Waals surface area (Å²) in [5.41, 5.74) is 3.58. The topological polar surface area (TPSA) is 78.5 Å². The maximum Gasteiger partial charge on any atom is 0.325 e. The first kappa shape index (κ1) is 17.3. The Hall–Kier alpha value is -3.15. The minimum atomic E-state index is -1.03. The number of carbonyl (C=O) groups excluding carboxylic acids is 3. The fourth-order valence-electron chi connectivity index (χ4n) is 4.12. The summed E-state index contributed by atoms with van der Waals surface area (Å²) in [6.45, 7) is 3.59. The van der Waals surface area contributed by atoms with Crippen LogP contribution in [0.2, 0.25) is 0 Å². The fourth-order valence-corrected chi connectivity index (χ4v) is 4.12. The Morgan fingerprint density at radius 3 is 2.59 bits per heavy atom. The molecule has 2 aromatic rings. The molecule has 1 aliphatic heterocycles. The lowest BCUT2D eigenvalue weighted by atomic mass is 9.92. The van der Waals surface area contributed by atoms with Gasteiger partial charge in [-0.15, -0.1) is 0 Å². The molecule has 4 rings (SSSR count). The number of hydrogen-bond acceptors (Lipinski definition) is 3. The zero-order chi connectivity index (χ0) is 19.2. The van der Waals surface area contributed by atoms with Crippen LogP contribution in [0.15, 0.2) is 42.5 Å². The lowest BCUT2D eigenvalue weighted by molar-refractivity contribution is -0.134. The Kier molecular flexibility index (Phi) is 3.98. The molecular formula is C21H21N3O3. The molecule has 2 aromatic carbocycles. The molecule has 1 spiro atoms. The van der Waals surface area contributed by atoms with E-state index in [1.807, 2.05) is 56.3 Å². The van der Waals surface area contributed by atoms with Crippen molar-refractivity contribution in [1.29, 1.82) is 0 Å². The molecule has 1 heterocycles. The maximum atomic E-state index is 13.1. The molecular weight excluding hydrogens is 342 g/mol. The van der Waals surface area contributed by atoms with Crippen LogP contribution in [-0.4, -0.2) is 29.3 Å². The van der Waals surface area contributed by atoms with Gasteiger partial charge < -0.3 is 10.6 Å². The van der Waals surface area contributed by atoms with E-state index < -0.39 is 17.5 Å². The summed E-state index contributed by atoms with van der Waals surface area (Å²) < 4.78 is 0. The number of amides is 4. The molecule has 138 valence electrons. The SMILES string of the molecule is Cc1cc(C)cc(NC(=O)CN2C(=O)N[C@]3(CCc4ccccc43)C2=O)c1. The molecule has 0 unspecified atom stereocenters. The number of anilines is 1. The second-order valence-corrected chi connectivity index (χ2v) is 7.31. The number of benzene rings is 2. The molecule has 0 radical (unpaired) electrons. The molecule has 6 heteroatoms. The van der Waals surface area contributed by atoms with Crippen LogP contribution in [0.5, 0.6) is 0 Å². The van der Waals surface area contributed by atoms with Gasteiger partial charge >= 0.3 is 6.03 Å². The minimum Gasteiger partial charge on any atom is -0.325 e. The van der Waals surface area contributed by atoms with E-state index in [1.165, 1.54) is 0 Å². The molecule has 0 aromatic heterocycles. The number of carbonyl (C=O) groups is 3. The van der Waals surface area contributed by atoms with E-state index in [0.29, 0.717) is 12.1 Å². The lowest BCUT2D eigenvalue weighted by Gasteiger charge is -2.22. The average molecular weight is 363 g/mol. The van der Waals surface area contributed by atoms with Crippen LogP contribution in [0.3, 0.4) is 0 Å². The van der Waals surface area contributed by atoms with Crippen LogP contribution < -0.4 is 10.6 Å². The van der Waals surface area contributed by atoms with Crippen molar-refractivity contribution >= 4 is 23.5 Å². The first-order valence-corrected chi connectivity index (χ1v) is 9.00. The van der Waals surface area contributed by atoms with E-state index in [4.69, 9.17) is 0 Å². The Labute approximate surface area is 157 Å². The summed E-state index contributed by atoms with van der Waals surface area (Å²) in [5, 5.41) is 5.61. The van der Waals surface area contributed by atoms with Crippen molar-refractivity contribution in [1.82, 2.24) is 10.2 Å². The van der Waals surface area contributed by atoms with E-state index in [0.717, 1.165) is 33.6 Å². The summed E-state index contributed by atoms with van der Waals surface area (Å²) in [4.78, 5) is 39.0. The number of nitrogens with one attached hydrogen (secondary N) is 2. The van der Waals surface area contributed by atoms with Gasteiger partial charge in [-0.1, -0.05) is 30.3 Å². The zero-order valence-corrected chi connectivity index (χ0v) is 15.3. The Bertz CT molecular complexity index is 949. The smallest absolute Gasteiger partial charge is 0.325 e. The molecule has 27 heavy (non-hydrogen) atoms. The van der Waals surface area contributed by atoms with Crippen LogP contribution in [-0.2, 0) is 21.5 Å². The maximum absolute atomic E-state index is 13.1. The highest BCUT2D eigenvalue weighted by atomic mass is 16.2. The summed E-state index contributed by atoms with van der Waals surface area (Å²) in [5.74, 6) is -0.750. The molecule has 2 aliphatic rings. The van der Waals surface area contributed by atoms with Gasteiger partial charge in [-0.3, -0.25) is 14.5 Å². The second kappa shape index (κ2) is 6.23. The molecule has 2 N–H and O–H groups in total. The predicted octanol–water partition coefficient (Wildman–Crippen LogP) is 2.64. The molecule has 1 atom stereocenters. The quantitative estimate of drug-likeness (QED) is 0.823. The van der Waals surface area contributed by atoms with Crippen molar-refractivity contribution < 1.29 is 14.4 Å². The average Bonchev–Trinajstić information content (AvgIpc) is 3.08. The van der Waals surface area contributed by atoms with Gasteiger partial charge in [0.1, 0.15) is 12.1 Å². The number of hydrogen-bond donors (Lipinski definition) is 2. The summed E-state index contributed by atoms with van der Waals surface area (Å²) in [7, 11) is 0. The molecule has 0 bridgehead atoms. The van der Waals surface area contributed by atoms with Gasteiger partial charge in [-0.25, -0.2) is 4.79 Å². The number of aryl methyl sites for hydroxylation is 3. The Morgan fingerprint density at radius 2 is 1.85 bits per heavy atom. The van der Waals surface area contributed by atoms with E-state index >= 15 is 0 Å². The molecule has 6 nitrogen and oxygen atoms in total. The molecule has 0 saturated carbocycles. The van der Waals surface area contributed by atoms with Crippen LogP contribution in [0.1, 0.15) is 28.7 Å². The number of urea groups is 1. The van der Waals surface area contributed by atoms with Gasteiger partial charge in [0.15, 0.2) is 0 Å². The van der Waals surface area contributed by atoms with Gasteiger partial charge in [-0.2, -0.15) is 0 Å². The number of nitrogens with zero attached hydrogens (tertiary/aromatic N) is 1. The third kappa shape index (κ3) is 2.87. The van der Waals surface area contributed by atoms with Gasteiger partial charge in [0.25, 0.3) is 5.91 Å². The summed E-state index contributed by atoms with van der Waals surface area (Å²) in [6, 6.07) is 12.8. The van der Waals surface area contributed by atoms with E-state index in [2.05, 4.69) is 10.6 Å². The van der Waals surface area contributed by atoms with Crippen LogP contribution in [0, 0.1) is 13.8 Å². The highest BCUT2D eigenvalue weighted by Crippen LogP contribution is 2.41. The van der Waals surface area contributed by atoms with E-state index in [9.17, 15) is 14.4 Å². The molecule has 1 aliphatic carbocycles. The van der Waals surface area contributed by atoms with Crippen molar-refractivity contribution in [2.45, 2.75) is 32.2 Å². The number of rotatable bonds is 3. The van der Waals surface area contributed by atoms with E-state index in [1.54, 1.807) is 0 Å². The third-order valence-corrected chi connectivity index (χ3v) is 5.23. The normalized spacial score (nSPS) is 20.7. The second-order valence-electron chi connectivity index (χ2n) is 7.31. The molecule has 4 amide bonds. The van der Waals surface area contributed by atoms with Crippen molar-refractivity contribution in [3.05, 3.63) is 64.7 Å². The number of fused-ring (bicyclic) bond motifs is 2. The monoisotopic (exact) mass is 363 g/mol. The highest BCUT2D eigenvalue weighted by molar-refractivity contribution is 6.10.